The molecule has 1 aromatic heterocycles. The van der Waals surface area contributed by atoms with Crippen LogP contribution in [0.4, 0.5) is 0 Å². The van der Waals surface area contributed by atoms with Gasteiger partial charge in [0, 0.05) is 63.2 Å². The van der Waals surface area contributed by atoms with E-state index in [2.05, 4.69) is 10.3 Å². The zero-order valence-corrected chi connectivity index (χ0v) is 15.8. The van der Waals surface area contributed by atoms with E-state index in [9.17, 15) is 9.59 Å². The minimum Gasteiger partial charge on any atom is -0.381 e. The van der Waals surface area contributed by atoms with Gasteiger partial charge in [0.05, 0.1) is 0 Å². The van der Waals surface area contributed by atoms with Crippen molar-refractivity contribution in [3.05, 3.63) is 17.7 Å². The number of carbonyl (C=O) groups is 2. The van der Waals surface area contributed by atoms with Crippen LogP contribution in [0.15, 0.2) is 6.20 Å². The molecule has 1 N–H and O–H groups in total. The summed E-state index contributed by atoms with van der Waals surface area (Å²) < 4.78 is 7.40. The van der Waals surface area contributed by atoms with Crippen molar-refractivity contribution in [1.82, 2.24) is 19.8 Å². The monoisotopic (exact) mass is 378 g/mol. The van der Waals surface area contributed by atoms with Crippen molar-refractivity contribution in [2.75, 3.05) is 37.8 Å². The van der Waals surface area contributed by atoms with Crippen LogP contribution in [0.25, 0.3) is 0 Å². The summed E-state index contributed by atoms with van der Waals surface area (Å²) >= 11 is 1.88. The molecule has 4 heterocycles. The highest BCUT2D eigenvalue weighted by atomic mass is 32.2. The number of nitrogens with zero attached hydrogens (tertiary/aromatic N) is 3. The second-order valence-electron chi connectivity index (χ2n) is 7.23. The summed E-state index contributed by atoms with van der Waals surface area (Å²) in [5.74, 6) is 3.27. The van der Waals surface area contributed by atoms with E-state index in [0.29, 0.717) is 45.0 Å². The molecule has 0 aromatic carbocycles. The number of aromatic nitrogens is 2. The van der Waals surface area contributed by atoms with Crippen LogP contribution in [0.1, 0.15) is 35.6 Å². The minimum absolute atomic E-state index is 0.0757. The van der Waals surface area contributed by atoms with E-state index in [4.69, 9.17) is 4.74 Å². The zero-order chi connectivity index (χ0) is 17.9. The molecule has 7 nitrogen and oxygen atoms in total. The third-order valence-electron chi connectivity index (χ3n) is 5.46. The SMILES string of the molecule is O=C(NC1CCSC1)c1cn2c(n1)CCN(C(=O)C1CCOCC1)CC2. The first-order chi connectivity index (χ1) is 12.7. The Bertz CT molecular complexity index is 640. The summed E-state index contributed by atoms with van der Waals surface area (Å²) in [6, 6.07) is 0.265. The first kappa shape index (κ1) is 17.9. The van der Waals surface area contributed by atoms with Gasteiger partial charge in [-0.2, -0.15) is 11.8 Å². The highest BCUT2D eigenvalue weighted by molar-refractivity contribution is 7.99. The van der Waals surface area contributed by atoms with Crippen molar-refractivity contribution in [3.63, 3.8) is 0 Å². The van der Waals surface area contributed by atoms with E-state index >= 15 is 0 Å². The van der Waals surface area contributed by atoms with Crippen molar-refractivity contribution in [1.29, 1.82) is 0 Å². The second-order valence-corrected chi connectivity index (χ2v) is 8.38. The molecule has 142 valence electrons. The van der Waals surface area contributed by atoms with E-state index < -0.39 is 0 Å². The van der Waals surface area contributed by atoms with Gasteiger partial charge in [0.1, 0.15) is 11.5 Å². The normalized spacial score (nSPS) is 24.2. The molecule has 2 amide bonds. The van der Waals surface area contributed by atoms with Gasteiger partial charge in [-0.15, -0.1) is 0 Å². The Hall–Kier alpha value is -1.54. The van der Waals surface area contributed by atoms with Crippen molar-refractivity contribution in [3.8, 4) is 0 Å². The Kier molecular flexibility index (Phi) is 5.49. The Labute approximate surface area is 157 Å². The molecule has 4 rings (SSSR count). The number of ether oxygens (including phenoxy) is 1. The number of carbonyl (C=O) groups excluding carboxylic acids is 2. The van der Waals surface area contributed by atoms with Gasteiger partial charge in [-0.1, -0.05) is 0 Å². The third kappa shape index (κ3) is 3.91. The van der Waals surface area contributed by atoms with Gasteiger partial charge < -0.3 is 19.5 Å². The number of hydrogen-bond acceptors (Lipinski definition) is 5. The Morgan fingerprint density at radius 2 is 2.04 bits per heavy atom. The molecular formula is C18H26N4O3S. The predicted octanol–water partition coefficient (Wildman–Crippen LogP) is 0.930. The van der Waals surface area contributed by atoms with Crippen molar-refractivity contribution in [2.24, 2.45) is 5.92 Å². The van der Waals surface area contributed by atoms with Gasteiger partial charge >= 0.3 is 0 Å². The summed E-state index contributed by atoms with van der Waals surface area (Å²) in [7, 11) is 0. The van der Waals surface area contributed by atoms with Gasteiger partial charge in [-0.05, 0) is 25.0 Å². The summed E-state index contributed by atoms with van der Waals surface area (Å²) in [5.41, 5.74) is 0.501. The van der Waals surface area contributed by atoms with Crippen LogP contribution >= 0.6 is 11.8 Å². The fraction of sp³-hybridized carbons (Fsp3) is 0.722. The standard InChI is InChI=1S/C18H26N4O3S/c23-17(19-14-4-10-26-12-14)15-11-22-7-6-21(5-1-16(22)20-15)18(24)13-2-8-25-9-3-13/h11,13-14H,1-10,12H2,(H,19,23). The Morgan fingerprint density at radius 3 is 2.81 bits per heavy atom. The largest absolute Gasteiger partial charge is 0.381 e. The average Bonchev–Trinajstić information content (AvgIpc) is 3.28. The highest BCUT2D eigenvalue weighted by Gasteiger charge is 2.28. The number of hydrogen-bond donors (Lipinski definition) is 1. The van der Waals surface area contributed by atoms with E-state index in [1.54, 1.807) is 0 Å². The van der Waals surface area contributed by atoms with Gasteiger partial charge in [0.15, 0.2) is 0 Å². The molecule has 1 atom stereocenters. The molecule has 0 bridgehead atoms. The number of imidazole rings is 1. The lowest BCUT2D eigenvalue weighted by Gasteiger charge is -2.28. The number of thioether (sulfide) groups is 1. The topological polar surface area (TPSA) is 76.5 Å². The van der Waals surface area contributed by atoms with Crippen LogP contribution in [0.5, 0.6) is 0 Å². The lowest BCUT2D eigenvalue weighted by atomic mass is 9.98. The maximum atomic E-state index is 12.7. The molecule has 2 fully saturated rings. The fourth-order valence-corrected chi connectivity index (χ4v) is 5.02. The summed E-state index contributed by atoms with van der Waals surface area (Å²) in [5, 5.41) is 3.08. The predicted molar refractivity (Wildman–Crippen MR) is 99.3 cm³/mol. The van der Waals surface area contributed by atoms with Gasteiger partial charge in [0.25, 0.3) is 5.91 Å². The number of amides is 2. The maximum Gasteiger partial charge on any atom is 0.271 e. The Balaban J connectivity index is 1.36. The van der Waals surface area contributed by atoms with Gasteiger partial charge in [-0.3, -0.25) is 9.59 Å². The zero-order valence-electron chi connectivity index (χ0n) is 15.0. The van der Waals surface area contributed by atoms with Crippen LogP contribution in [-0.4, -0.2) is 70.1 Å². The van der Waals surface area contributed by atoms with Crippen molar-refractivity contribution in [2.45, 2.75) is 38.3 Å². The number of nitrogens with one attached hydrogen (secondary N) is 1. The van der Waals surface area contributed by atoms with Gasteiger partial charge in [-0.25, -0.2) is 4.98 Å². The summed E-state index contributed by atoms with van der Waals surface area (Å²) in [6.07, 6.45) is 5.22. The van der Waals surface area contributed by atoms with Gasteiger partial charge in [0.2, 0.25) is 5.91 Å². The first-order valence-electron chi connectivity index (χ1n) is 9.52. The average molecular weight is 378 g/mol. The fourth-order valence-electron chi connectivity index (χ4n) is 3.86. The van der Waals surface area contributed by atoms with Crippen molar-refractivity contribution >= 4 is 23.6 Å². The maximum absolute atomic E-state index is 12.7. The highest BCUT2D eigenvalue weighted by Crippen LogP contribution is 2.20. The molecule has 2 saturated heterocycles. The van der Waals surface area contributed by atoms with Crippen LogP contribution in [0.2, 0.25) is 0 Å². The molecule has 1 aromatic rings. The van der Waals surface area contributed by atoms with Crippen LogP contribution in [-0.2, 0) is 22.5 Å². The van der Waals surface area contributed by atoms with E-state index in [1.807, 2.05) is 27.4 Å². The molecule has 0 radical (unpaired) electrons. The third-order valence-corrected chi connectivity index (χ3v) is 6.62. The second kappa shape index (κ2) is 8.00. The van der Waals surface area contributed by atoms with Crippen LogP contribution in [0, 0.1) is 5.92 Å². The molecule has 26 heavy (non-hydrogen) atoms. The van der Waals surface area contributed by atoms with E-state index in [1.165, 1.54) is 0 Å². The lowest BCUT2D eigenvalue weighted by Crippen LogP contribution is -2.40. The van der Waals surface area contributed by atoms with Crippen LogP contribution in [0.3, 0.4) is 0 Å². The summed E-state index contributed by atoms with van der Waals surface area (Å²) in [6.45, 7) is 3.42. The molecular weight excluding hydrogens is 352 g/mol. The van der Waals surface area contributed by atoms with E-state index in [0.717, 1.165) is 36.6 Å². The number of rotatable bonds is 3. The minimum atomic E-state index is -0.0757. The first-order valence-corrected chi connectivity index (χ1v) is 10.7. The molecule has 0 saturated carbocycles. The molecule has 3 aliphatic heterocycles. The number of fused-ring (bicyclic) bond motifs is 1. The van der Waals surface area contributed by atoms with Crippen LogP contribution < -0.4 is 5.32 Å². The summed E-state index contributed by atoms with van der Waals surface area (Å²) in [4.78, 5) is 31.6. The molecule has 3 aliphatic rings. The van der Waals surface area contributed by atoms with Crippen molar-refractivity contribution < 1.29 is 14.3 Å². The molecule has 1 unspecified atom stereocenters. The van der Waals surface area contributed by atoms with E-state index in [-0.39, 0.29) is 23.8 Å². The Morgan fingerprint density at radius 1 is 1.19 bits per heavy atom. The lowest BCUT2D eigenvalue weighted by molar-refractivity contribution is -0.138. The molecule has 0 aliphatic carbocycles. The molecule has 8 heteroatoms. The smallest absolute Gasteiger partial charge is 0.271 e. The quantitative estimate of drug-likeness (QED) is 0.847. The molecule has 0 spiro atoms.